The fourth-order valence-corrected chi connectivity index (χ4v) is 3.15. The van der Waals surface area contributed by atoms with Crippen LogP contribution in [0.2, 0.25) is 5.02 Å². The van der Waals surface area contributed by atoms with Crippen molar-refractivity contribution in [2.24, 2.45) is 0 Å². The lowest BCUT2D eigenvalue weighted by molar-refractivity contribution is 0.174. The third-order valence-electron chi connectivity index (χ3n) is 3.86. The fourth-order valence-electron chi connectivity index (χ4n) is 2.79. The highest BCUT2D eigenvalue weighted by atomic mass is 35.5. The summed E-state index contributed by atoms with van der Waals surface area (Å²) in [6.45, 7) is 7.89. The molecule has 0 aliphatic carbocycles. The van der Waals surface area contributed by atoms with E-state index in [1.54, 1.807) is 14.2 Å². The van der Waals surface area contributed by atoms with Crippen molar-refractivity contribution in [3.8, 4) is 11.5 Å². The van der Waals surface area contributed by atoms with Gasteiger partial charge in [-0.3, -0.25) is 4.90 Å². The van der Waals surface area contributed by atoms with E-state index in [-0.39, 0.29) is 30.9 Å². The average molecular weight is 384 g/mol. The second-order valence-corrected chi connectivity index (χ2v) is 5.41. The molecule has 0 spiro atoms. The summed E-state index contributed by atoms with van der Waals surface area (Å²) < 4.78 is 10.7. The third-order valence-corrected chi connectivity index (χ3v) is 4.25. The van der Waals surface area contributed by atoms with Crippen LogP contribution in [0.4, 0.5) is 0 Å². The maximum absolute atomic E-state index is 6.56. The van der Waals surface area contributed by atoms with Crippen molar-refractivity contribution in [3.05, 3.63) is 35.4 Å². The largest absolute Gasteiger partial charge is 0.493 e. The molecule has 132 valence electrons. The maximum atomic E-state index is 6.56. The molecule has 1 saturated heterocycles. The van der Waals surface area contributed by atoms with Gasteiger partial charge in [-0.15, -0.1) is 31.4 Å². The van der Waals surface area contributed by atoms with Crippen LogP contribution in [0.1, 0.15) is 18.0 Å². The second-order valence-electron chi connectivity index (χ2n) is 5.03. The van der Waals surface area contributed by atoms with Gasteiger partial charge in [0, 0.05) is 32.2 Å². The van der Waals surface area contributed by atoms with Gasteiger partial charge in [0.15, 0.2) is 11.5 Å². The SMILES string of the molecule is C=CC[C@@H](c1ccc(OC)c(OC)c1Cl)N1CCNCC1.Cl.Cl. The van der Waals surface area contributed by atoms with Crippen LogP contribution in [0.15, 0.2) is 24.8 Å². The Balaban J connectivity index is 0.00000242. The van der Waals surface area contributed by atoms with Gasteiger partial charge in [0.25, 0.3) is 0 Å². The van der Waals surface area contributed by atoms with Crippen LogP contribution < -0.4 is 14.8 Å². The van der Waals surface area contributed by atoms with Crippen LogP contribution in [0.5, 0.6) is 11.5 Å². The van der Waals surface area contributed by atoms with Gasteiger partial charge in [-0.05, 0) is 18.1 Å². The molecule has 1 aliphatic heterocycles. The molecule has 1 heterocycles. The molecule has 1 fully saturated rings. The van der Waals surface area contributed by atoms with Crippen molar-refractivity contribution < 1.29 is 9.47 Å². The minimum atomic E-state index is 0. The second kappa shape index (κ2) is 11.0. The van der Waals surface area contributed by atoms with Gasteiger partial charge >= 0.3 is 0 Å². The standard InChI is InChI=1S/C16H23ClN2O2.2ClH/c1-4-5-13(19-10-8-18-9-11-19)12-6-7-14(20-2)16(21-3)15(12)17;;/h4,6-7,13,18H,1,5,8-11H2,2-3H3;2*1H/t13-;;/m0../s1. The molecule has 0 bridgehead atoms. The number of piperazine rings is 1. The lowest BCUT2D eigenvalue weighted by Gasteiger charge is -2.35. The first-order valence-corrected chi connectivity index (χ1v) is 7.56. The van der Waals surface area contributed by atoms with Crippen LogP contribution in [-0.4, -0.2) is 45.3 Å². The Morgan fingerprint density at radius 2 is 1.91 bits per heavy atom. The molecule has 0 aromatic heterocycles. The Labute approximate surface area is 156 Å². The fraction of sp³-hybridized carbons (Fsp3) is 0.500. The van der Waals surface area contributed by atoms with Crippen LogP contribution in [0, 0.1) is 0 Å². The highest BCUT2D eigenvalue weighted by molar-refractivity contribution is 6.33. The van der Waals surface area contributed by atoms with E-state index >= 15 is 0 Å². The highest BCUT2D eigenvalue weighted by Gasteiger charge is 2.25. The van der Waals surface area contributed by atoms with Crippen LogP contribution in [-0.2, 0) is 0 Å². The lowest BCUT2D eigenvalue weighted by atomic mass is 10.00. The number of ether oxygens (including phenoxy) is 2. The molecule has 4 nitrogen and oxygen atoms in total. The molecule has 2 rings (SSSR count). The van der Waals surface area contributed by atoms with Gasteiger partial charge < -0.3 is 14.8 Å². The zero-order chi connectivity index (χ0) is 15.2. The van der Waals surface area contributed by atoms with Gasteiger partial charge in [-0.25, -0.2) is 0 Å². The molecule has 7 heteroatoms. The van der Waals surface area contributed by atoms with Gasteiger partial charge in [-0.1, -0.05) is 23.7 Å². The third kappa shape index (κ3) is 5.16. The van der Waals surface area contributed by atoms with E-state index < -0.39 is 0 Å². The van der Waals surface area contributed by atoms with E-state index in [1.807, 2.05) is 18.2 Å². The number of hydrogen-bond donors (Lipinski definition) is 1. The van der Waals surface area contributed by atoms with Crippen LogP contribution in [0.3, 0.4) is 0 Å². The number of methoxy groups -OCH3 is 2. The summed E-state index contributed by atoms with van der Waals surface area (Å²) in [5, 5.41) is 4.00. The maximum Gasteiger partial charge on any atom is 0.179 e. The summed E-state index contributed by atoms with van der Waals surface area (Å²) in [5.74, 6) is 1.25. The predicted molar refractivity (Wildman–Crippen MR) is 101 cm³/mol. The van der Waals surface area contributed by atoms with Gasteiger partial charge in [0.05, 0.1) is 19.2 Å². The van der Waals surface area contributed by atoms with Crippen molar-refractivity contribution in [2.75, 3.05) is 40.4 Å². The summed E-state index contributed by atoms with van der Waals surface area (Å²) in [4.78, 5) is 2.44. The number of rotatable bonds is 6. The monoisotopic (exact) mass is 382 g/mol. The average Bonchev–Trinajstić information content (AvgIpc) is 2.53. The zero-order valence-corrected chi connectivity index (χ0v) is 15.9. The number of hydrogen-bond acceptors (Lipinski definition) is 4. The highest BCUT2D eigenvalue weighted by Crippen LogP contribution is 2.41. The molecular formula is C16H25Cl3N2O2. The van der Waals surface area contributed by atoms with Crippen LogP contribution >= 0.6 is 36.4 Å². The molecule has 1 aromatic rings. The zero-order valence-electron chi connectivity index (χ0n) is 13.5. The van der Waals surface area contributed by atoms with E-state index in [0.717, 1.165) is 38.2 Å². The number of nitrogens with zero attached hydrogens (tertiary/aromatic N) is 1. The smallest absolute Gasteiger partial charge is 0.179 e. The molecule has 1 aliphatic rings. The number of halogens is 3. The molecule has 1 aromatic carbocycles. The summed E-state index contributed by atoms with van der Waals surface area (Å²) in [6, 6.07) is 4.16. The lowest BCUT2D eigenvalue weighted by Crippen LogP contribution is -2.45. The van der Waals surface area contributed by atoms with Gasteiger partial charge in [0.1, 0.15) is 0 Å². The first-order chi connectivity index (χ1) is 10.2. The molecule has 0 radical (unpaired) electrons. The summed E-state index contributed by atoms with van der Waals surface area (Å²) >= 11 is 6.56. The van der Waals surface area contributed by atoms with Crippen LogP contribution in [0.25, 0.3) is 0 Å². The summed E-state index contributed by atoms with van der Waals surface area (Å²) in [6.07, 6.45) is 2.80. The summed E-state index contributed by atoms with van der Waals surface area (Å²) in [5.41, 5.74) is 1.07. The molecule has 0 saturated carbocycles. The molecule has 1 atom stereocenters. The Kier molecular flexibility index (Phi) is 10.7. The Morgan fingerprint density at radius 1 is 1.26 bits per heavy atom. The number of benzene rings is 1. The molecular weight excluding hydrogens is 359 g/mol. The van der Waals surface area contributed by atoms with E-state index in [0.29, 0.717) is 16.5 Å². The summed E-state index contributed by atoms with van der Waals surface area (Å²) in [7, 11) is 3.23. The Morgan fingerprint density at radius 3 is 2.43 bits per heavy atom. The van der Waals surface area contributed by atoms with E-state index in [2.05, 4.69) is 16.8 Å². The predicted octanol–water partition coefficient (Wildman–Crippen LogP) is 3.72. The first-order valence-electron chi connectivity index (χ1n) is 7.19. The van der Waals surface area contributed by atoms with E-state index in [9.17, 15) is 0 Å². The van der Waals surface area contributed by atoms with Crippen molar-refractivity contribution in [1.29, 1.82) is 0 Å². The quantitative estimate of drug-likeness (QED) is 0.759. The minimum Gasteiger partial charge on any atom is -0.493 e. The van der Waals surface area contributed by atoms with E-state index in [1.165, 1.54) is 0 Å². The Hall–Kier alpha value is -0.650. The van der Waals surface area contributed by atoms with Crippen molar-refractivity contribution in [1.82, 2.24) is 10.2 Å². The van der Waals surface area contributed by atoms with Crippen molar-refractivity contribution in [2.45, 2.75) is 12.5 Å². The molecule has 0 unspecified atom stereocenters. The topological polar surface area (TPSA) is 33.7 Å². The Bertz CT molecular complexity index is 494. The first kappa shape index (κ1) is 22.4. The van der Waals surface area contributed by atoms with Crippen molar-refractivity contribution in [3.63, 3.8) is 0 Å². The molecule has 0 amide bonds. The minimum absolute atomic E-state index is 0. The van der Waals surface area contributed by atoms with Gasteiger partial charge in [-0.2, -0.15) is 0 Å². The van der Waals surface area contributed by atoms with Gasteiger partial charge in [0.2, 0.25) is 0 Å². The molecule has 1 N–H and O–H groups in total. The normalized spacial score (nSPS) is 15.8. The number of nitrogens with one attached hydrogen (secondary N) is 1. The van der Waals surface area contributed by atoms with Crippen molar-refractivity contribution >= 4 is 36.4 Å². The molecule has 23 heavy (non-hydrogen) atoms. The van der Waals surface area contributed by atoms with E-state index in [4.69, 9.17) is 21.1 Å².